The zero-order chi connectivity index (χ0) is 20.3. The van der Waals surface area contributed by atoms with E-state index < -0.39 is 17.8 Å². The second kappa shape index (κ2) is 7.84. The molecule has 0 aliphatic carbocycles. The van der Waals surface area contributed by atoms with Crippen LogP contribution in [0.1, 0.15) is 40.4 Å². The van der Waals surface area contributed by atoms with Gasteiger partial charge in [-0.15, -0.1) is 0 Å². The molecular formula is C20H19F3N4O. The highest BCUT2D eigenvalue weighted by Gasteiger charge is 2.32. The molecule has 0 saturated carbocycles. The lowest BCUT2D eigenvalue weighted by Gasteiger charge is -2.15. The highest BCUT2D eigenvalue weighted by Crippen LogP contribution is 2.27. The highest BCUT2D eigenvalue weighted by molar-refractivity contribution is 6.02. The fourth-order valence-electron chi connectivity index (χ4n) is 2.96. The standard InChI is InChI=1S/C20H19F3N4O/c1-13-9-10-24-27(13)14(2)11-15-5-3-6-16(12-15)25-19(28)17-7-4-8-18(26-17)20(21,22)23/h3-10,12,14H,11H2,1-2H3,(H,25,28)/t14-/m1/s1. The molecule has 0 unspecified atom stereocenters. The maximum atomic E-state index is 12.8. The Morgan fingerprint density at radius 2 is 1.93 bits per heavy atom. The predicted octanol–water partition coefficient (Wildman–Crippen LogP) is 4.66. The Labute approximate surface area is 160 Å². The number of hydrogen-bond donors (Lipinski definition) is 1. The van der Waals surface area contributed by atoms with Crippen LogP contribution in [-0.4, -0.2) is 20.7 Å². The van der Waals surface area contributed by atoms with Gasteiger partial charge < -0.3 is 5.32 Å². The van der Waals surface area contributed by atoms with Crippen molar-refractivity contribution in [2.24, 2.45) is 0 Å². The van der Waals surface area contributed by atoms with Crippen molar-refractivity contribution in [3.63, 3.8) is 0 Å². The van der Waals surface area contributed by atoms with Crippen molar-refractivity contribution in [3.8, 4) is 0 Å². The number of carbonyl (C=O) groups is 1. The number of anilines is 1. The highest BCUT2D eigenvalue weighted by atomic mass is 19.4. The molecular weight excluding hydrogens is 369 g/mol. The summed E-state index contributed by atoms with van der Waals surface area (Å²) in [7, 11) is 0. The number of aryl methyl sites for hydroxylation is 1. The molecule has 2 heterocycles. The average molecular weight is 388 g/mol. The van der Waals surface area contributed by atoms with Crippen LogP contribution < -0.4 is 5.32 Å². The summed E-state index contributed by atoms with van der Waals surface area (Å²) in [6.45, 7) is 4.01. The summed E-state index contributed by atoms with van der Waals surface area (Å²) in [5, 5.41) is 6.90. The topological polar surface area (TPSA) is 59.8 Å². The molecule has 3 aromatic rings. The molecule has 0 spiro atoms. The van der Waals surface area contributed by atoms with E-state index in [1.54, 1.807) is 24.4 Å². The number of carbonyl (C=O) groups excluding carboxylic acids is 1. The lowest BCUT2D eigenvalue weighted by Crippen LogP contribution is -2.17. The fraction of sp³-hybridized carbons (Fsp3) is 0.250. The summed E-state index contributed by atoms with van der Waals surface area (Å²) in [6, 6.07) is 12.5. The Morgan fingerprint density at radius 3 is 2.61 bits per heavy atom. The zero-order valence-electron chi connectivity index (χ0n) is 15.4. The Balaban J connectivity index is 1.72. The van der Waals surface area contributed by atoms with E-state index >= 15 is 0 Å². The van der Waals surface area contributed by atoms with Gasteiger partial charge in [-0.3, -0.25) is 9.48 Å². The lowest BCUT2D eigenvalue weighted by atomic mass is 10.1. The first-order valence-corrected chi connectivity index (χ1v) is 8.68. The van der Waals surface area contributed by atoms with Crippen LogP contribution in [0.2, 0.25) is 0 Å². The molecule has 0 fully saturated rings. The van der Waals surface area contributed by atoms with Crippen LogP contribution >= 0.6 is 0 Å². The summed E-state index contributed by atoms with van der Waals surface area (Å²) in [6.07, 6.45) is -2.17. The second-order valence-corrected chi connectivity index (χ2v) is 6.53. The molecule has 0 bridgehead atoms. The van der Waals surface area contributed by atoms with Crippen molar-refractivity contribution in [1.82, 2.24) is 14.8 Å². The van der Waals surface area contributed by atoms with Gasteiger partial charge in [-0.2, -0.15) is 18.3 Å². The molecule has 1 amide bonds. The molecule has 28 heavy (non-hydrogen) atoms. The Hall–Kier alpha value is -3.16. The molecule has 0 saturated heterocycles. The van der Waals surface area contributed by atoms with E-state index in [1.165, 1.54) is 6.07 Å². The summed E-state index contributed by atoms with van der Waals surface area (Å²) in [4.78, 5) is 15.7. The average Bonchev–Trinajstić information content (AvgIpc) is 3.07. The van der Waals surface area contributed by atoms with Crippen LogP contribution in [0.4, 0.5) is 18.9 Å². The quantitative estimate of drug-likeness (QED) is 0.692. The van der Waals surface area contributed by atoms with Crippen LogP contribution in [0.3, 0.4) is 0 Å². The molecule has 1 N–H and O–H groups in total. The van der Waals surface area contributed by atoms with Crippen molar-refractivity contribution >= 4 is 11.6 Å². The van der Waals surface area contributed by atoms with E-state index in [1.807, 2.05) is 30.7 Å². The summed E-state index contributed by atoms with van der Waals surface area (Å²) >= 11 is 0. The minimum Gasteiger partial charge on any atom is -0.321 e. The van der Waals surface area contributed by atoms with Gasteiger partial charge in [0.1, 0.15) is 11.4 Å². The largest absolute Gasteiger partial charge is 0.433 e. The Bertz CT molecular complexity index is 981. The third-order valence-electron chi connectivity index (χ3n) is 4.27. The van der Waals surface area contributed by atoms with Gasteiger partial charge in [0.25, 0.3) is 5.91 Å². The van der Waals surface area contributed by atoms with E-state index in [4.69, 9.17) is 0 Å². The van der Waals surface area contributed by atoms with Crippen LogP contribution in [0.25, 0.3) is 0 Å². The molecule has 1 atom stereocenters. The summed E-state index contributed by atoms with van der Waals surface area (Å²) < 4.78 is 40.2. The Morgan fingerprint density at radius 1 is 1.18 bits per heavy atom. The van der Waals surface area contributed by atoms with Crippen LogP contribution in [0.15, 0.2) is 54.7 Å². The fourth-order valence-corrected chi connectivity index (χ4v) is 2.96. The van der Waals surface area contributed by atoms with Crippen molar-refractivity contribution in [1.29, 1.82) is 0 Å². The minimum atomic E-state index is -4.60. The molecule has 1 aromatic carbocycles. The number of amides is 1. The second-order valence-electron chi connectivity index (χ2n) is 6.53. The van der Waals surface area contributed by atoms with Crippen molar-refractivity contribution in [2.75, 3.05) is 5.32 Å². The predicted molar refractivity (Wildman–Crippen MR) is 99.0 cm³/mol. The van der Waals surface area contributed by atoms with Gasteiger partial charge in [0.15, 0.2) is 0 Å². The molecule has 0 radical (unpaired) electrons. The molecule has 3 rings (SSSR count). The molecule has 146 valence electrons. The molecule has 0 aliphatic heterocycles. The van der Waals surface area contributed by atoms with E-state index in [2.05, 4.69) is 15.4 Å². The smallest absolute Gasteiger partial charge is 0.321 e. The molecule has 8 heteroatoms. The first-order chi connectivity index (χ1) is 13.2. The van der Waals surface area contributed by atoms with Gasteiger partial charge in [-0.25, -0.2) is 4.98 Å². The number of nitrogens with one attached hydrogen (secondary N) is 1. The van der Waals surface area contributed by atoms with Crippen LogP contribution in [0.5, 0.6) is 0 Å². The van der Waals surface area contributed by atoms with Crippen LogP contribution in [0, 0.1) is 6.92 Å². The SMILES string of the molecule is Cc1ccnn1[C@H](C)Cc1cccc(NC(=O)c2cccc(C(F)(F)F)n2)c1. The first-order valence-electron chi connectivity index (χ1n) is 8.68. The lowest BCUT2D eigenvalue weighted by molar-refractivity contribution is -0.141. The van der Waals surface area contributed by atoms with Gasteiger partial charge in [0.2, 0.25) is 0 Å². The molecule has 2 aromatic heterocycles. The van der Waals surface area contributed by atoms with Crippen LogP contribution in [-0.2, 0) is 12.6 Å². The van der Waals surface area contributed by atoms with E-state index in [0.717, 1.165) is 23.4 Å². The number of alkyl halides is 3. The van der Waals surface area contributed by atoms with Gasteiger partial charge in [-0.05, 0) is 56.2 Å². The van der Waals surface area contributed by atoms with Crippen molar-refractivity contribution in [2.45, 2.75) is 32.5 Å². The minimum absolute atomic E-state index is 0.117. The van der Waals surface area contributed by atoms with Gasteiger partial charge in [0, 0.05) is 17.6 Å². The maximum absolute atomic E-state index is 12.8. The number of aromatic nitrogens is 3. The van der Waals surface area contributed by atoms with Gasteiger partial charge in [-0.1, -0.05) is 18.2 Å². The Kier molecular flexibility index (Phi) is 5.48. The first kappa shape index (κ1) is 19.6. The number of benzene rings is 1. The van der Waals surface area contributed by atoms with Gasteiger partial charge in [0.05, 0.1) is 6.04 Å². The van der Waals surface area contributed by atoms with Crippen molar-refractivity contribution in [3.05, 3.63) is 77.4 Å². The normalized spacial score (nSPS) is 12.6. The summed E-state index contributed by atoms with van der Waals surface area (Å²) in [5.74, 6) is -0.695. The van der Waals surface area contributed by atoms with E-state index in [9.17, 15) is 18.0 Å². The number of pyridine rings is 1. The van der Waals surface area contributed by atoms with Gasteiger partial charge >= 0.3 is 6.18 Å². The third-order valence-corrected chi connectivity index (χ3v) is 4.27. The monoisotopic (exact) mass is 388 g/mol. The maximum Gasteiger partial charge on any atom is 0.433 e. The third kappa shape index (κ3) is 4.57. The zero-order valence-corrected chi connectivity index (χ0v) is 15.4. The number of halogens is 3. The van der Waals surface area contributed by atoms with Crippen molar-refractivity contribution < 1.29 is 18.0 Å². The number of rotatable bonds is 5. The molecule has 0 aliphatic rings. The molecule has 5 nitrogen and oxygen atoms in total. The summed E-state index contributed by atoms with van der Waals surface area (Å²) in [5.41, 5.74) is 1.12. The van der Waals surface area contributed by atoms with E-state index in [0.29, 0.717) is 12.1 Å². The number of nitrogens with zero attached hydrogens (tertiary/aromatic N) is 3. The number of hydrogen-bond acceptors (Lipinski definition) is 3. The van der Waals surface area contributed by atoms with E-state index in [-0.39, 0.29) is 11.7 Å².